The Morgan fingerprint density at radius 1 is 1.13 bits per heavy atom. The number of benzene rings is 2. The van der Waals surface area contributed by atoms with E-state index >= 15 is 0 Å². The Kier molecular flexibility index (Phi) is 5.68. The van der Waals surface area contributed by atoms with Gasteiger partial charge >= 0.3 is 5.97 Å². The Labute approximate surface area is 178 Å². The lowest BCUT2D eigenvalue weighted by molar-refractivity contribution is -0.118. The number of rotatable bonds is 4. The second-order valence-electron chi connectivity index (χ2n) is 6.85. The summed E-state index contributed by atoms with van der Waals surface area (Å²) in [6.45, 7) is 0.401. The van der Waals surface area contributed by atoms with Crippen LogP contribution in [0.3, 0.4) is 0 Å². The van der Waals surface area contributed by atoms with Gasteiger partial charge in [-0.05, 0) is 42.8 Å². The number of ether oxygens (including phenoxy) is 2. The molecule has 0 aliphatic carbocycles. The molecule has 0 bridgehead atoms. The molecular formula is C23H19ClN2O4. The number of esters is 1. The molecule has 0 saturated heterocycles. The van der Waals surface area contributed by atoms with Gasteiger partial charge in [0.25, 0.3) is 0 Å². The molecule has 2 heterocycles. The van der Waals surface area contributed by atoms with Gasteiger partial charge in [0.1, 0.15) is 0 Å². The average Bonchev–Trinajstić information content (AvgIpc) is 2.78. The monoisotopic (exact) mass is 422 g/mol. The van der Waals surface area contributed by atoms with E-state index in [0.29, 0.717) is 40.9 Å². The number of methoxy groups -OCH3 is 1. The van der Waals surface area contributed by atoms with E-state index < -0.39 is 5.97 Å². The van der Waals surface area contributed by atoms with Crippen LogP contribution in [0, 0.1) is 0 Å². The molecule has 0 radical (unpaired) electrons. The number of nitrogens with one attached hydrogen (secondary N) is 1. The number of carbonyl (C=O) groups is 2. The molecule has 0 fully saturated rings. The third kappa shape index (κ3) is 4.14. The summed E-state index contributed by atoms with van der Waals surface area (Å²) in [5, 5.41) is 3.47. The normalized spacial score (nSPS) is 14.9. The maximum atomic E-state index is 12.8. The molecule has 1 N–H and O–H groups in total. The molecule has 1 amide bonds. The number of nitrogens with zero attached hydrogens (tertiary/aromatic N) is 1. The van der Waals surface area contributed by atoms with Crippen LogP contribution in [0.5, 0.6) is 5.88 Å². The van der Waals surface area contributed by atoms with Gasteiger partial charge in [-0.25, -0.2) is 9.78 Å². The summed E-state index contributed by atoms with van der Waals surface area (Å²) in [7, 11) is 1.34. The molecule has 1 unspecified atom stereocenters. The molecule has 1 aromatic heterocycles. The van der Waals surface area contributed by atoms with Crippen molar-refractivity contribution in [3.8, 4) is 17.1 Å². The van der Waals surface area contributed by atoms with Crippen molar-refractivity contribution in [2.75, 3.05) is 19.0 Å². The third-order valence-electron chi connectivity index (χ3n) is 4.92. The minimum atomic E-state index is -0.392. The minimum Gasteiger partial charge on any atom is -0.477 e. The Balaban J connectivity index is 1.56. The summed E-state index contributed by atoms with van der Waals surface area (Å²) in [5.41, 5.74) is 3.39. The van der Waals surface area contributed by atoms with E-state index in [2.05, 4.69) is 10.3 Å². The van der Waals surface area contributed by atoms with Crippen LogP contribution in [0.25, 0.3) is 11.3 Å². The quantitative estimate of drug-likeness (QED) is 0.617. The first-order chi connectivity index (χ1) is 14.5. The second-order valence-corrected chi connectivity index (χ2v) is 7.29. The fraction of sp³-hybridized carbons (Fsp3) is 0.174. The Bertz CT molecular complexity index is 1100. The Hall–Kier alpha value is -3.38. The number of halogens is 1. The fourth-order valence-electron chi connectivity index (χ4n) is 3.38. The van der Waals surface area contributed by atoms with Crippen molar-refractivity contribution >= 4 is 29.2 Å². The topological polar surface area (TPSA) is 77.5 Å². The van der Waals surface area contributed by atoms with Crippen molar-refractivity contribution in [3.05, 3.63) is 76.8 Å². The van der Waals surface area contributed by atoms with Gasteiger partial charge < -0.3 is 14.8 Å². The van der Waals surface area contributed by atoms with Gasteiger partial charge in [0, 0.05) is 21.8 Å². The van der Waals surface area contributed by atoms with E-state index in [1.165, 1.54) is 7.11 Å². The number of amides is 1. The molecule has 1 atom stereocenters. The molecule has 2 aromatic carbocycles. The SMILES string of the molecule is COC(=O)c1ccc(-c2ccc3c(n2)OCCC3C(=O)Nc2cccc(Cl)c2)cc1. The molecule has 0 spiro atoms. The molecule has 7 heteroatoms. The lowest BCUT2D eigenvalue weighted by Gasteiger charge is -2.24. The smallest absolute Gasteiger partial charge is 0.337 e. The highest BCUT2D eigenvalue weighted by Crippen LogP contribution is 2.35. The van der Waals surface area contributed by atoms with Crippen LogP contribution in [0.4, 0.5) is 5.69 Å². The maximum Gasteiger partial charge on any atom is 0.337 e. The number of hydrogen-bond donors (Lipinski definition) is 1. The average molecular weight is 423 g/mol. The van der Waals surface area contributed by atoms with E-state index in [-0.39, 0.29) is 11.8 Å². The number of hydrogen-bond acceptors (Lipinski definition) is 5. The number of pyridine rings is 1. The second kappa shape index (κ2) is 8.55. The van der Waals surface area contributed by atoms with E-state index in [4.69, 9.17) is 21.1 Å². The first kappa shape index (κ1) is 19.9. The van der Waals surface area contributed by atoms with Crippen LogP contribution in [-0.2, 0) is 9.53 Å². The summed E-state index contributed by atoms with van der Waals surface area (Å²) in [6.07, 6.45) is 0.564. The molecule has 4 rings (SSSR count). The van der Waals surface area contributed by atoms with Gasteiger partial charge in [-0.15, -0.1) is 0 Å². The van der Waals surface area contributed by atoms with Gasteiger partial charge in [0.15, 0.2) is 0 Å². The lowest BCUT2D eigenvalue weighted by atomic mass is 9.93. The molecule has 1 aliphatic rings. The summed E-state index contributed by atoms with van der Waals surface area (Å²) >= 11 is 6.00. The van der Waals surface area contributed by atoms with Crippen LogP contribution < -0.4 is 10.1 Å². The van der Waals surface area contributed by atoms with E-state index in [1.54, 1.807) is 48.5 Å². The van der Waals surface area contributed by atoms with Gasteiger partial charge in [0.05, 0.1) is 30.9 Å². The summed E-state index contributed by atoms with van der Waals surface area (Å²) in [4.78, 5) is 29.0. The van der Waals surface area contributed by atoms with Crippen LogP contribution in [0.1, 0.15) is 28.3 Å². The standard InChI is InChI=1S/C23H19ClN2O4/c1-29-23(28)15-7-5-14(6-8-15)20-10-9-19-18(11-12-30-22(19)26-20)21(27)25-17-4-2-3-16(24)13-17/h2-10,13,18H,11-12H2,1H3,(H,25,27). The van der Waals surface area contributed by atoms with Crippen molar-refractivity contribution in [3.63, 3.8) is 0 Å². The minimum absolute atomic E-state index is 0.126. The fourth-order valence-corrected chi connectivity index (χ4v) is 3.57. The molecule has 30 heavy (non-hydrogen) atoms. The van der Waals surface area contributed by atoms with Gasteiger partial charge in [-0.3, -0.25) is 4.79 Å². The van der Waals surface area contributed by atoms with Crippen LogP contribution in [-0.4, -0.2) is 30.6 Å². The number of aromatic nitrogens is 1. The predicted molar refractivity (Wildman–Crippen MR) is 114 cm³/mol. The molecule has 0 saturated carbocycles. The van der Waals surface area contributed by atoms with Crippen molar-refractivity contribution < 1.29 is 19.1 Å². The number of fused-ring (bicyclic) bond motifs is 1. The van der Waals surface area contributed by atoms with E-state index in [1.807, 2.05) is 12.1 Å². The molecule has 1 aliphatic heterocycles. The van der Waals surface area contributed by atoms with E-state index in [9.17, 15) is 9.59 Å². The highest BCUT2D eigenvalue weighted by atomic mass is 35.5. The van der Waals surface area contributed by atoms with Crippen LogP contribution in [0.2, 0.25) is 5.02 Å². The zero-order valence-electron chi connectivity index (χ0n) is 16.2. The zero-order valence-corrected chi connectivity index (χ0v) is 17.0. The number of carbonyl (C=O) groups excluding carboxylic acids is 2. The van der Waals surface area contributed by atoms with Gasteiger partial charge in [0.2, 0.25) is 11.8 Å². The first-order valence-corrected chi connectivity index (χ1v) is 9.82. The Morgan fingerprint density at radius 2 is 1.93 bits per heavy atom. The van der Waals surface area contributed by atoms with Crippen molar-refractivity contribution in [2.45, 2.75) is 12.3 Å². The first-order valence-electron chi connectivity index (χ1n) is 9.44. The zero-order chi connectivity index (χ0) is 21.1. The Morgan fingerprint density at radius 3 is 2.67 bits per heavy atom. The van der Waals surface area contributed by atoms with E-state index in [0.717, 1.165) is 11.1 Å². The molecule has 152 valence electrons. The summed E-state index contributed by atoms with van der Waals surface area (Å²) in [5.74, 6) is -0.436. The van der Waals surface area contributed by atoms with Crippen molar-refractivity contribution in [1.29, 1.82) is 0 Å². The summed E-state index contributed by atoms with van der Waals surface area (Å²) < 4.78 is 10.4. The van der Waals surface area contributed by atoms with Crippen LogP contribution in [0.15, 0.2) is 60.7 Å². The lowest BCUT2D eigenvalue weighted by Crippen LogP contribution is -2.27. The maximum absolute atomic E-state index is 12.8. The molecule has 3 aromatic rings. The van der Waals surface area contributed by atoms with Crippen LogP contribution >= 0.6 is 11.6 Å². The third-order valence-corrected chi connectivity index (χ3v) is 5.16. The largest absolute Gasteiger partial charge is 0.477 e. The van der Waals surface area contributed by atoms with Crippen molar-refractivity contribution in [2.24, 2.45) is 0 Å². The number of anilines is 1. The highest BCUT2D eigenvalue weighted by Gasteiger charge is 2.29. The molecule has 6 nitrogen and oxygen atoms in total. The predicted octanol–water partition coefficient (Wildman–Crippen LogP) is 4.69. The van der Waals surface area contributed by atoms with Gasteiger partial charge in [-0.2, -0.15) is 0 Å². The van der Waals surface area contributed by atoms with Crippen molar-refractivity contribution in [1.82, 2.24) is 4.98 Å². The molecular weight excluding hydrogens is 404 g/mol. The highest BCUT2D eigenvalue weighted by molar-refractivity contribution is 6.30. The van der Waals surface area contributed by atoms with Gasteiger partial charge in [-0.1, -0.05) is 35.9 Å². The summed E-state index contributed by atoms with van der Waals surface area (Å²) in [6, 6.07) is 17.7.